The standard InChI is InChI=1S/C12H14N4O2/c1-18-12(17)6-8-14-11-5-4-10(15-16-11)9-3-2-7-13-9/h2-5,7,13H,6,8H2,1H3,(H,14,16). The van der Waals surface area contributed by atoms with Gasteiger partial charge in [0.1, 0.15) is 11.5 Å². The monoisotopic (exact) mass is 246 g/mol. The summed E-state index contributed by atoms with van der Waals surface area (Å²) in [7, 11) is 1.37. The molecule has 18 heavy (non-hydrogen) atoms. The largest absolute Gasteiger partial charge is 0.469 e. The van der Waals surface area contributed by atoms with Crippen LogP contribution in [-0.2, 0) is 9.53 Å². The van der Waals surface area contributed by atoms with Gasteiger partial charge in [-0.25, -0.2) is 0 Å². The van der Waals surface area contributed by atoms with Crippen LogP contribution in [0.15, 0.2) is 30.5 Å². The summed E-state index contributed by atoms with van der Waals surface area (Å²) < 4.78 is 4.54. The molecule has 0 saturated heterocycles. The molecule has 6 heteroatoms. The Kier molecular flexibility index (Phi) is 3.90. The number of nitrogens with one attached hydrogen (secondary N) is 2. The van der Waals surface area contributed by atoms with E-state index < -0.39 is 0 Å². The Morgan fingerprint density at radius 2 is 2.28 bits per heavy atom. The molecule has 0 aliphatic carbocycles. The first-order valence-electron chi connectivity index (χ1n) is 5.58. The number of H-pyrrole nitrogens is 1. The summed E-state index contributed by atoms with van der Waals surface area (Å²) in [6, 6.07) is 7.51. The minimum atomic E-state index is -0.251. The van der Waals surface area contributed by atoms with Gasteiger partial charge in [0.05, 0.1) is 19.2 Å². The van der Waals surface area contributed by atoms with Gasteiger partial charge in [0.25, 0.3) is 0 Å². The summed E-state index contributed by atoms with van der Waals surface area (Å²) in [5.74, 6) is 0.382. The maximum Gasteiger partial charge on any atom is 0.307 e. The van der Waals surface area contributed by atoms with E-state index in [4.69, 9.17) is 0 Å². The van der Waals surface area contributed by atoms with E-state index in [9.17, 15) is 4.79 Å². The number of methoxy groups -OCH3 is 1. The zero-order valence-corrected chi connectivity index (χ0v) is 10.0. The van der Waals surface area contributed by atoms with Crippen LogP contribution < -0.4 is 5.32 Å². The highest BCUT2D eigenvalue weighted by Crippen LogP contribution is 2.14. The molecule has 2 heterocycles. The smallest absolute Gasteiger partial charge is 0.307 e. The maximum atomic E-state index is 10.9. The van der Waals surface area contributed by atoms with Crippen molar-refractivity contribution in [1.82, 2.24) is 15.2 Å². The third-order valence-electron chi connectivity index (χ3n) is 2.40. The molecule has 0 radical (unpaired) electrons. The van der Waals surface area contributed by atoms with Gasteiger partial charge in [-0.3, -0.25) is 4.79 Å². The zero-order chi connectivity index (χ0) is 12.8. The Balaban J connectivity index is 1.90. The first kappa shape index (κ1) is 12.1. The first-order chi connectivity index (χ1) is 8.79. The molecule has 2 aromatic rings. The minimum Gasteiger partial charge on any atom is -0.469 e. The molecule has 2 aromatic heterocycles. The van der Waals surface area contributed by atoms with Crippen molar-refractivity contribution in [3.63, 3.8) is 0 Å². The number of hydrogen-bond acceptors (Lipinski definition) is 5. The van der Waals surface area contributed by atoms with Gasteiger partial charge in [-0.1, -0.05) is 0 Å². The van der Waals surface area contributed by atoms with Crippen LogP contribution in [0.4, 0.5) is 5.82 Å². The second-order valence-electron chi connectivity index (χ2n) is 3.64. The van der Waals surface area contributed by atoms with Crippen LogP contribution in [0.25, 0.3) is 11.4 Å². The van der Waals surface area contributed by atoms with E-state index >= 15 is 0 Å². The van der Waals surface area contributed by atoms with Crippen molar-refractivity contribution >= 4 is 11.8 Å². The highest BCUT2D eigenvalue weighted by Gasteiger charge is 2.02. The number of hydrogen-bond donors (Lipinski definition) is 2. The summed E-state index contributed by atoms with van der Waals surface area (Å²) in [6.45, 7) is 0.475. The quantitative estimate of drug-likeness (QED) is 0.780. The van der Waals surface area contributed by atoms with Crippen molar-refractivity contribution < 1.29 is 9.53 Å². The van der Waals surface area contributed by atoms with E-state index in [1.807, 2.05) is 30.5 Å². The number of aromatic amines is 1. The molecule has 0 atom stereocenters. The van der Waals surface area contributed by atoms with E-state index in [0.717, 1.165) is 11.4 Å². The minimum absolute atomic E-state index is 0.251. The van der Waals surface area contributed by atoms with Crippen molar-refractivity contribution in [3.8, 4) is 11.4 Å². The number of esters is 1. The van der Waals surface area contributed by atoms with Crippen molar-refractivity contribution in [1.29, 1.82) is 0 Å². The fourth-order valence-corrected chi connectivity index (χ4v) is 1.45. The molecule has 2 N–H and O–H groups in total. The van der Waals surface area contributed by atoms with E-state index in [1.54, 1.807) is 0 Å². The van der Waals surface area contributed by atoms with Gasteiger partial charge in [0.2, 0.25) is 0 Å². The maximum absolute atomic E-state index is 10.9. The molecule has 0 unspecified atom stereocenters. The average molecular weight is 246 g/mol. The van der Waals surface area contributed by atoms with Crippen LogP contribution in [0.2, 0.25) is 0 Å². The molecule has 94 valence electrons. The van der Waals surface area contributed by atoms with Crippen LogP contribution in [0, 0.1) is 0 Å². The fourth-order valence-electron chi connectivity index (χ4n) is 1.45. The normalized spacial score (nSPS) is 10.1. The topological polar surface area (TPSA) is 79.9 Å². The van der Waals surface area contributed by atoms with Crippen molar-refractivity contribution in [3.05, 3.63) is 30.5 Å². The van der Waals surface area contributed by atoms with E-state index in [0.29, 0.717) is 18.8 Å². The van der Waals surface area contributed by atoms with Crippen molar-refractivity contribution in [2.45, 2.75) is 6.42 Å². The van der Waals surface area contributed by atoms with Gasteiger partial charge >= 0.3 is 5.97 Å². The number of anilines is 1. The molecule has 0 aliphatic rings. The second-order valence-corrected chi connectivity index (χ2v) is 3.64. The van der Waals surface area contributed by atoms with E-state index in [-0.39, 0.29) is 5.97 Å². The van der Waals surface area contributed by atoms with Gasteiger partial charge in [0, 0.05) is 12.7 Å². The first-order valence-corrected chi connectivity index (χ1v) is 5.58. The average Bonchev–Trinajstić information content (AvgIpc) is 2.93. The molecule has 0 aliphatic heterocycles. The third-order valence-corrected chi connectivity index (χ3v) is 2.40. The van der Waals surface area contributed by atoms with Crippen LogP contribution in [0.3, 0.4) is 0 Å². The Labute approximate surface area is 104 Å². The lowest BCUT2D eigenvalue weighted by atomic mass is 10.3. The highest BCUT2D eigenvalue weighted by molar-refractivity contribution is 5.69. The number of ether oxygens (including phenoxy) is 1. The fraction of sp³-hybridized carbons (Fsp3) is 0.250. The Morgan fingerprint density at radius 3 is 2.89 bits per heavy atom. The van der Waals surface area contributed by atoms with Gasteiger partial charge < -0.3 is 15.0 Å². The predicted octanol–water partition coefficient (Wildman–Crippen LogP) is 1.45. The molecule has 0 amide bonds. The van der Waals surface area contributed by atoms with E-state index in [2.05, 4.69) is 25.2 Å². The van der Waals surface area contributed by atoms with Crippen LogP contribution in [0.5, 0.6) is 0 Å². The number of nitrogens with zero attached hydrogens (tertiary/aromatic N) is 2. The molecule has 0 saturated carbocycles. The van der Waals surface area contributed by atoms with Crippen molar-refractivity contribution in [2.24, 2.45) is 0 Å². The molecule has 0 fully saturated rings. The van der Waals surface area contributed by atoms with Gasteiger partial charge in [0.15, 0.2) is 0 Å². The molecule has 0 spiro atoms. The number of rotatable bonds is 5. The molecular formula is C12H14N4O2. The summed E-state index contributed by atoms with van der Waals surface area (Å²) in [5, 5.41) is 11.1. The Morgan fingerprint density at radius 1 is 1.39 bits per heavy atom. The van der Waals surface area contributed by atoms with E-state index in [1.165, 1.54) is 7.11 Å². The number of carbonyl (C=O) groups is 1. The lowest BCUT2D eigenvalue weighted by molar-refractivity contribution is -0.140. The molecule has 0 aromatic carbocycles. The van der Waals surface area contributed by atoms with Gasteiger partial charge in [-0.05, 0) is 24.3 Å². The van der Waals surface area contributed by atoms with Crippen LogP contribution in [0.1, 0.15) is 6.42 Å². The summed E-state index contributed by atoms with van der Waals surface area (Å²) in [5.41, 5.74) is 1.70. The SMILES string of the molecule is COC(=O)CCNc1ccc(-c2ccc[nH]2)nn1. The number of aromatic nitrogens is 3. The van der Waals surface area contributed by atoms with Crippen molar-refractivity contribution in [2.75, 3.05) is 19.0 Å². The molecule has 0 bridgehead atoms. The lowest BCUT2D eigenvalue weighted by Gasteiger charge is -2.04. The lowest BCUT2D eigenvalue weighted by Crippen LogP contribution is -2.10. The Hall–Kier alpha value is -2.37. The molecule has 6 nitrogen and oxygen atoms in total. The van der Waals surface area contributed by atoms with Crippen LogP contribution in [-0.4, -0.2) is 34.8 Å². The third kappa shape index (κ3) is 3.07. The number of carbonyl (C=O) groups excluding carboxylic acids is 1. The highest BCUT2D eigenvalue weighted by atomic mass is 16.5. The molecular weight excluding hydrogens is 232 g/mol. The van der Waals surface area contributed by atoms with Gasteiger partial charge in [-0.15, -0.1) is 10.2 Å². The molecule has 2 rings (SSSR count). The zero-order valence-electron chi connectivity index (χ0n) is 10.0. The predicted molar refractivity (Wildman–Crippen MR) is 66.9 cm³/mol. The summed E-state index contributed by atoms with van der Waals surface area (Å²) in [6.07, 6.45) is 2.14. The second kappa shape index (κ2) is 5.81. The Bertz CT molecular complexity index is 493. The van der Waals surface area contributed by atoms with Gasteiger partial charge in [-0.2, -0.15) is 0 Å². The van der Waals surface area contributed by atoms with Crippen LogP contribution >= 0.6 is 0 Å². The summed E-state index contributed by atoms with van der Waals surface area (Å²) in [4.78, 5) is 14.0. The summed E-state index contributed by atoms with van der Waals surface area (Å²) >= 11 is 0.